The molecule has 0 spiro atoms. The monoisotopic (exact) mass is 282 g/mol. The largest absolute Gasteiger partial charge is 0.490 e. The third kappa shape index (κ3) is 6.01. The number of carbonyl (C=O) groups is 1. The topological polar surface area (TPSA) is 82.8 Å². The molecule has 0 radical (unpaired) electrons. The first-order valence-electron chi connectivity index (χ1n) is 6.57. The Labute approximate surface area is 119 Å². The molecule has 0 heterocycles. The van der Waals surface area contributed by atoms with Gasteiger partial charge in [-0.1, -0.05) is 12.1 Å². The molecule has 112 valence electrons. The molecule has 1 amide bonds. The summed E-state index contributed by atoms with van der Waals surface area (Å²) >= 11 is 0. The van der Waals surface area contributed by atoms with Gasteiger partial charge in [0.05, 0.1) is 31.5 Å². The van der Waals surface area contributed by atoms with Crippen molar-refractivity contribution in [3.8, 4) is 5.75 Å². The van der Waals surface area contributed by atoms with E-state index in [9.17, 15) is 4.79 Å². The van der Waals surface area contributed by atoms with Gasteiger partial charge in [0.15, 0.2) is 0 Å². The normalized spacial score (nSPS) is 10.6. The molecular weight excluding hydrogens is 260 g/mol. The molecule has 1 aromatic carbocycles. The van der Waals surface area contributed by atoms with Crippen LogP contribution in [0.1, 0.15) is 24.2 Å². The van der Waals surface area contributed by atoms with Crippen LogP contribution in [0.2, 0.25) is 0 Å². The highest BCUT2D eigenvalue weighted by Gasteiger charge is 2.10. The summed E-state index contributed by atoms with van der Waals surface area (Å²) in [5, 5.41) is 0. The molecule has 0 fully saturated rings. The van der Waals surface area contributed by atoms with Crippen molar-refractivity contribution in [3.63, 3.8) is 0 Å². The molecule has 6 nitrogen and oxygen atoms in total. The second kappa shape index (κ2) is 9.30. The first-order valence-corrected chi connectivity index (χ1v) is 6.57. The Morgan fingerprint density at radius 1 is 1.20 bits per heavy atom. The summed E-state index contributed by atoms with van der Waals surface area (Å²) in [6.07, 6.45) is 0.205. The number of carbonyl (C=O) groups excluding carboxylic acids is 1. The summed E-state index contributed by atoms with van der Waals surface area (Å²) in [4.78, 5) is 11.5. The number of hydrazine groups is 1. The highest BCUT2D eigenvalue weighted by Crippen LogP contribution is 2.17. The zero-order valence-electron chi connectivity index (χ0n) is 11.9. The second-order valence-electron chi connectivity index (χ2n) is 4.35. The zero-order chi connectivity index (χ0) is 14.8. The van der Waals surface area contributed by atoms with Crippen LogP contribution in [-0.2, 0) is 9.47 Å². The van der Waals surface area contributed by atoms with E-state index < -0.39 is 0 Å². The number of benzene rings is 1. The van der Waals surface area contributed by atoms with Gasteiger partial charge in [0.1, 0.15) is 12.4 Å². The van der Waals surface area contributed by atoms with Crippen molar-refractivity contribution in [2.24, 2.45) is 5.84 Å². The van der Waals surface area contributed by atoms with Crippen molar-refractivity contribution in [2.75, 3.05) is 26.4 Å². The molecule has 0 saturated carbocycles. The lowest BCUT2D eigenvalue weighted by Gasteiger charge is -2.11. The summed E-state index contributed by atoms with van der Waals surface area (Å²) in [5.41, 5.74) is 2.48. The molecule has 0 aliphatic heterocycles. The van der Waals surface area contributed by atoms with Gasteiger partial charge >= 0.3 is 0 Å². The molecule has 0 aromatic heterocycles. The minimum absolute atomic E-state index is 0.205. The summed E-state index contributed by atoms with van der Waals surface area (Å²) < 4.78 is 16.2. The highest BCUT2D eigenvalue weighted by molar-refractivity contribution is 5.96. The van der Waals surface area contributed by atoms with Crippen molar-refractivity contribution < 1.29 is 19.0 Å². The van der Waals surface area contributed by atoms with Crippen LogP contribution >= 0.6 is 0 Å². The predicted octanol–water partition coefficient (Wildman–Crippen LogP) is 1.11. The third-order valence-corrected chi connectivity index (χ3v) is 2.43. The van der Waals surface area contributed by atoms with Gasteiger partial charge < -0.3 is 14.2 Å². The molecule has 6 heteroatoms. The van der Waals surface area contributed by atoms with Gasteiger partial charge in [0, 0.05) is 0 Å². The standard InChI is InChI=1S/C14H22N2O4/c1-11(2)19-9-7-18-8-10-20-13-6-4-3-5-12(13)14(17)16-15/h3-6,11H,7-10,15H2,1-2H3,(H,16,17). The number of nitrogen functional groups attached to an aromatic ring is 1. The maximum Gasteiger partial charge on any atom is 0.268 e. The average Bonchev–Trinajstić information content (AvgIpc) is 2.45. The molecule has 0 aliphatic rings. The van der Waals surface area contributed by atoms with Crippen molar-refractivity contribution >= 4 is 5.91 Å². The maximum atomic E-state index is 11.5. The van der Waals surface area contributed by atoms with E-state index in [-0.39, 0.29) is 12.0 Å². The van der Waals surface area contributed by atoms with Gasteiger partial charge in [-0.2, -0.15) is 0 Å². The van der Waals surface area contributed by atoms with Crippen LogP contribution in [0, 0.1) is 0 Å². The van der Waals surface area contributed by atoms with Gasteiger partial charge in [-0.15, -0.1) is 0 Å². The second-order valence-corrected chi connectivity index (χ2v) is 4.35. The maximum absolute atomic E-state index is 11.5. The molecule has 0 atom stereocenters. The van der Waals surface area contributed by atoms with Gasteiger partial charge in [-0.05, 0) is 26.0 Å². The Kier molecular flexibility index (Phi) is 7.64. The van der Waals surface area contributed by atoms with Gasteiger partial charge in [-0.3, -0.25) is 10.2 Å². The number of amides is 1. The van der Waals surface area contributed by atoms with Crippen molar-refractivity contribution in [1.82, 2.24) is 5.43 Å². The van der Waals surface area contributed by atoms with E-state index in [4.69, 9.17) is 20.1 Å². The molecule has 0 aliphatic carbocycles. The number of hydrogen-bond acceptors (Lipinski definition) is 5. The Bertz CT molecular complexity index is 410. The van der Waals surface area contributed by atoms with Crippen molar-refractivity contribution in [1.29, 1.82) is 0 Å². The Balaban J connectivity index is 2.27. The fourth-order valence-electron chi connectivity index (χ4n) is 1.51. The van der Waals surface area contributed by atoms with E-state index in [0.29, 0.717) is 37.7 Å². The van der Waals surface area contributed by atoms with E-state index in [1.807, 2.05) is 13.8 Å². The minimum atomic E-state index is -0.383. The number of para-hydroxylation sites is 1. The minimum Gasteiger partial charge on any atom is -0.490 e. The third-order valence-electron chi connectivity index (χ3n) is 2.43. The first kappa shape index (κ1) is 16.4. The molecular formula is C14H22N2O4. The van der Waals surface area contributed by atoms with Crippen LogP contribution in [-0.4, -0.2) is 38.4 Å². The average molecular weight is 282 g/mol. The number of nitrogens with one attached hydrogen (secondary N) is 1. The van der Waals surface area contributed by atoms with Gasteiger partial charge in [-0.25, -0.2) is 5.84 Å². The molecule has 0 saturated heterocycles. The van der Waals surface area contributed by atoms with Gasteiger partial charge in [0.25, 0.3) is 5.91 Å². The van der Waals surface area contributed by atoms with E-state index in [1.54, 1.807) is 24.3 Å². The van der Waals surface area contributed by atoms with E-state index in [1.165, 1.54) is 0 Å². The fourth-order valence-corrected chi connectivity index (χ4v) is 1.51. The Morgan fingerprint density at radius 2 is 1.90 bits per heavy atom. The number of hydrogen-bond donors (Lipinski definition) is 2. The predicted molar refractivity (Wildman–Crippen MR) is 75.5 cm³/mol. The molecule has 0 unspecified atom stereocenters. The molecule has 20 heavy (non-hydrogen) atoms. The lowest BCUT2D eigenvalue weighted by Crippen LogP contribution is -2.30. The fraction of sp³-hybridized carbons (Fsp3) is 0.500. The van der Waals surface area contributed by atoms with E-state index >= 15 is 0 Å². The number of ether oxygens (including phenoxy) is 3. The first-order chi connectivity index (χ1) is 9.65. The van der Waals surface area contributed by atoms with E-state index in [2.05, 4.69) is 5.43 Å². The van der Waals surface area contributed by atoms with Crippen molar-refractivity contribution in [3.05, 3.63) is 29.8 Å². The smallest absolute Gasteiger partial charge is 0.268 e. The molecule has 1 aromatic rings. The number of nitrogens with two attached hydrogens (primary N) is 1. The number of rotatable bonds is 9. The van der Waals surface area contributed by atoms with Crippen LogP contribution < -0.4 is 16.0 Å². The van der Waals surface area contributed by atoms with Crippen LogP contribution in [0.25, 0.3) is 0 Å². The van der Waals surface area contributed by atoms with Crippen LogP contribution in [0.15, 0.2) is 24.3 Å². The van der Waals surface area contributed by atoms with Crippen LogP contribution in [0.5, 0.6) is 5.75 Å². The lowest BCUT2D eigenvalue weighted by molar-refractivity contribution is 0.0124. The SMILES string of the molecule is CC(C)OCCOCCOc1ccccc1C(=O)NN. The van der Waals surface area contributed by atoms with Crippen LogP contribution in [0.4, 0.5) is 0 Å². The van der Waals surface area contributed by atoms with Crippen molar-refractivity contribution in [2.45, 2.75) is 20.0 Å². The highest BCUT2D eigenvalue weighted by atomic mass is 16.5. The summed E-state index contributed by atoms with van der Waals surface area (Å²) in [5.74, 6) is 5.21. The molecule has 0 bridgehead atoms. The van der Waals surface area contributed by atoms with E-state index in [0.717, 1.165) is 0 Å². The Morgan fingerprint density at radius 3 is 2.60 bits per heavy atom. The summed E-state index contributed by atoms with van der Waals surface area (Å²) in [6, 6.07) is 6.90. The molecule has 1 rings (SSSR count). The quantitative estimate of drug-likeness (QED) is 0.307. The zero-order valence-corrected chi connectivity index (χ0v) is 11.9. The summed E-state index contributed by atoms with van der Waals surface area (Å²) in [6.45, 7) is 5.82. The Hall–Kier alpha value is -1.63. The van der Waals surface area contributed by atoms with Gasteiger partial charge in [0.2, 0.25) is 0 Å². The molecule has 3 N–H and O–H groups in total. The lowest BCUT2D eigenvalue weighted by atomic mass is 10.2. The summed E-state index contributed by atoms with van der Waals surface area (Å²) in [7, 11) is 0. The van der Waals surface area contributed by atoms with Crippen LogP contribution in [0.3, 0.4) is 0 Å².